The number of carbonyl (C=O) groups is 1. The van der Waals surface area contributed by atoms with E-state index < -0.39 is 18.2 Å². The fraction of sp³-hybridized carbons (Fsp3) is 0.700. The molecule has 1 atom stereocenters. The van der Waals surface area contributed by atoms with E-state index in [0.29, 0.717) is 13.2 Å². The number of aliphatic hydroxyl groups excluding tert-OH is 1. The minimum atomic E-state index is -0.934. The Kier molecular flexibility index (Phi) is 7.03. The third kappa shape index (κ3) is 5.70. The van der Waals surface area contributed by atoms with E-state index in [-0.39, 0.29) is 0 Å². The predicted molar refractivity (Wildman–Crippen MR) is 51.5 cm³/mol. The van der Waals surface area contributed by atoms with Crippen LogP contribution >= 0.6 is 0 Å². The smallest absolute Gasteiger partial charge is 0.261 e. The van der Waals surface area contributed by atoms with Gasteiger partial charge in [-0.25, -0.2) is 0 Å². The van der Waals surface area contributed by atoms with Gasteiger partial charge in [-0.2, -0.15) is 0 Å². The molecule has 0 spiro atoms. The summed E-state index contributed by atoms with van der Waals surface area (Å²) in [5.74, 6) is 4.14. The number of ketones is 1. The Morgan fingerprint density at radius 1 is 1.36 bits per heavy atom. The molecule has 0 aromatic rings. The molecule has 0 bridgehead atoms. The lowest BCUT2D eigenvalue weighted by Crippen LogP contribution is -2.26. The van der Waals surface area contributed by atoms with Crippen molar-refractivity contribution in [2.75, 3.05) is 13.2 Å². The van der Waals surface area contributed by atoms with Gasteiger partial charge in [-0.15, -0.1) is 0 Å². The zero-order valence-electron chi connectivity index (χ0n) is 8.74. The van der Waals surface area contributed by atoms with Crippen LogP contribution in [-0.4, -0.2) is 36.5 Å². The van der Waals surface area contributed by atoms with Crippen molar-refractivity contribution in [3.63, 3.8) is 0 Å². The maximum absolute atomic E-state index is 11.3. The molecule has 0 radical (unpaired) electrons. The second kappa shape index (κ2) is 7.51. The van der Waals surface area contributed by atoms with Crippen LogP contribution in [0.5, 0.6) is 0 Å². The van der Waals surface area contributed by atoms with Gasteiger partial charge in [-0.3, -0.25) is 4.79 Å². The number of carbonyl (C=O) groups excluding carboxylic acids is 1. The lowest BCUT2D eigenvalue weighted by molar-refractivity contribution is -0.162. The van der Waals surface area contributed by atoms with Crippen molar-refractivity contribution in [3.05, 3.63) is 0 Å². The summed E-state index contributed by atoms with van der Waals surface area (Å²) in [5, 5.41) is 8.84. The summed E-state index contributed by atoms with van der Waals surface area (Å²) in [4.78, 5) is 11.3. The molecule has 80 valence electrons. The highest BCUT2D eigenvalue weighted by atomic mass is 16.7. The van der Waals surface area contributed by atoms with Gasteiger partial charge in [-0.05, 0) is 26.7 Å². The monoisotopic (exact) mass is 200 g/mol. The van der Waals surface area contributed by atoms with Gasteiger partial charge in [0.05, 0.1) is 0 Å². The van der Waals surface area contributed by atoms with Gasteiger partial charge in [0, 0.05) is 13.2 Å². The van der Waals surface area contributed by atoms with Crippen LogP contribution < -0.4 is 0 Å². The van der Waals surface area contributed by atoms with Crippen molar-refractivity contribution >= 4 is 5.78 Å². The van der Waals surface area contributed by atoms with E-state index in [9.17, 15) is 4.79 Å². The number of ether oxygens (including phenoxy) is 2. The molecule has 0 aliphatic heterocycles. The molecule has 0 saturated carbocycles. The third-order valence-electron chi connectivity index (χ3n) is 1.25. The molecule has 0 amide bonds. The topological polar surface area (TPSA) is 55.8 Å². The van der Waals surface area contributed by atoms with E-state index in [1.165, 1.54) is 6.92 Å². The van der Waals surface area contributed by atoms with Gasteiger partial charge in [0.15, 0.2) is 0 Å². The van der Waals surface area contributed by atoms with E-state index >= 15 is 0 Å². The number of hydrogen-bond donors (Lipinski definition) is 1. The Hall–Kier alpha value is -0.890. The zero-order chi connectivity index (χ0) is 11.0. The summed E-state index contributed by atoms with van der Waals surface area (Å²) < 4.78 is 10.0. The summed E-state index contributed by atoms with van der Waals surface area (Å²) in [6.07, 6.45) is -1.75. The highest BCUT2D eigenvalue weighted by Gasteiger charge is 2.16. The zero-order valence-corrected chi connectivity index (χ0v) is 8.74. The minimum absolute atomic E-state index is 0.382. The van der Waals surface area contributed by atoms with Crippen LogP contribution in [0.1, 0.15) is 20.8 Å². The standard InChI is InChI=1S/C10H16O4/c1-4-13-10(14-5-2)9(12)7-6-8(3)11/h8,10-11H,4-5H2,1-3H3. The van der Waals surface area contributed by atoms with E-state index in [1.807, 2.05) is 0 Å². The minimum Gasteiger partial charge on any atom is -0.381 e. The van der Waals surface area contributed by atoms with Gasteiger partial charge in [0.1, 0.15) is 6.10 Å². The Morgan fingerprint density at radius 2 is 1.86 bits per heavy atom. The average Bonchev–Trinajstić information content (AvgIpc) is 2.14. The molecule has 1 N–H and O–H groups in total. The Bertz CT molecular complexity index is 218. The number of hydrogen-bond acceptors (Lipinski definition) is 4. The first-order valence-corrected chi connectivity index (χ1v) is 4.58. The Morgan fingerprint density at radius 3 is 2.21 bits per heavy atom. The van der Waals surface area contributed by atoms with Crippen LogP contribution in [0, 0.1) is 11.8 Å². The molecule has 0 aromatic heterocycles. The summed E-state index contributed by atoms with van der Waals surface area (Å²) >= 11 is 0. The number of Topliss-reactive ketones (excluding diaryl/α,β-unsaturated/α-hetero) is 1. The third-order valence-corrected chi connectivity index (χ3v) is 1.25. The summed E-state index contributed by atoms with van der Waals surface area (Å²) in [6.45, 7) is 5.78. The fourth-order valence-electron chi connectivity index (χ4n) is 0.737. The van der Waals surface area contributed by atoms with Crippen LogP contribution in [0.3, 0.4) is 0 Å². The van der Waals surface area contributed by atoms with Gasteiger partial charge in [0.2, 0.25) is 6.29 Å². The SMILES string of the molecule is CCOC(OCC)C(=O)C#CC(C)O. The molecule has 0 fully saturated rings. The lowest BCUT2D eigenvalue weighted by Gasteiger charge is -2.11. The first kappa shape index (κ1) is 13.1. The predicted octanol–water partition coefficient (Wildman–Crippen LogP) is 0.339. The maximum Gasteiger partial charge on any atom is 0.261 e. The van der Waals surface area contributed by atoms with Gasteiger partial charge in [-0.1, -0.05) is 5.92 Å². The first-order valence-electron chi connectivity index (χ1n) is 4.58. The van der Waals surface area contributed by atoms with Gasteiger partial charge < -0.3 is 14.6 Å². The molecule has 0 aliphatic rings. The van der Waals surface area contributed by atoms with Crippen LogP contribution in [0.25, 0.3) is 0 Å². The maximum atomic E-state index is 11.3. The summed E-state index contributed by atoms with van der Waals surface area (Å²) in [5.41, 5.74) is 0. The van der Waals surface area contributed by atoms with Crippen LogP contribution in [0.2, 0.25) is 0 Å². The first-order chi connectivity index (χ1) is 6.61. The number of rotatable bonds is 5. The highest BCUT2D eigenvalue weighted by Crippen LogP contribution is 1.96. The molecule has 0 saturated heterocycles. The summed E-state index contributed by atoms with van der Waals surface area (Å²) in [6, 6.07) is 0. The molecule has 0 aliphatic carbocycles. The van der Waals surface area contributed by atoms with Crippen molar-refractivity contribution in [2.24, 2.45) is 0 Å². The van der Waals surface area contributed by atoms with E-state index in [0.717, 1.165) is 0 Å². The molecular weight excluding hydrogens is 184 g/mol. The van der Waals surface area contributed by atoms with Crippen molar-refractivity contribution in [3.8, 4) is 11.8 Å². The Labute approximate surface area is 84.2 Å². The van der Waals surface area contributed by atoms with E-state index in [1.54, 1.807) is 13.8 Å². The molecule has 4 heteroatoms. The fourth-order valence-corrected chi connectivity index (χ4v) is 0.737. The van der Waals surface area contributed by atoms with Crippen molar-refractivity contribution in [1.82, 2.24) is 0 Å². The molecule has 4 nitrogen and oxygen atoms in total. The van der Waals surface area contributed by atoms with E-state index in [2.05, 4.69) is 11.8 Å². The Balaban J connectivity index is 4.23. The quantitative estimate of drug-likeness (QED) is 0.395. The van der Waals surface area contributed by atoms with Crippen LogP contribution in [0.4, 0.5) is 0 Å². The van der Waals surface area contributed by atoms with Gasteiger partial charge >= 0.3 is 0 Å². The second-order valence-electron chi connectivity index (χ2n) is 2.55. The summed E-state index contributed by atoms with van der Waals surface area (Å²) in [7, 11) is 0. The molecular formula is C10H16O4. The number of aliphatic hydroxyl groups is 1. The lowest BCUT2D eigenvalue weighted by atomic mass is 10.3. The second-order valence-corrected chi connectivity index (χ2v) is 2.55. The molecule has 14 heavy (non-hydrogen) atoms. The highest BCUT2D eigenvalue weighted by molar-refractivity contribution is 5.98. The average molecular weight is 200 g/mol. The van der Waals surface area contributed by atoms with Crippen LogP contribution in [0.15, 0.2) is 0 Å². The molecule has 0 aromatic carbocycles. The van der Waals surface area contributed by atoms with Crippen molar-refractivity contribution < 1.29 is 19.4 Å². The van der Waals surface area contributed by atoms with Crippen molar-refractivity contribution in [1.29, 1.82) is 0 Å². The van der Waals surface area contributed by atoms with E-state index in [4.69, 9.17) is 14.6 Å². The molecule has 0 heterocycles. The normalized spacial score (nSPS) is 12.1. The molecule has 0 rings (SSSR count). The van der Waals surface area contributed by atoms with Crippen molar-refractivity contribution in [2.45, 2.75) is 33.2 Å². The van der Waals surface area contributed by atoms with Gasteiger partial charge in [0.25, 0.3) is 5.78 Å². The molecule has 1 unspecified atom stereocenters. The largest absolute Gasteiger partial charge is 0.381 e. The van der Waals surface area contributed by atoms with Crippen LogP contribution in [-0.2, 0) is 14.3 Å².